The summed E-state index contributed by atoms with van der Waals surface area (Å²) in [5, 5.41) is 9.58. The topological polar surface area (TPSA) is 99.1 Å². The van der Waals surface area contributed by atoms with Gasteiger partial charge in [-0.15, -0.1) is 0 Å². The maximum absolute atomic E-state index is 12.6. The van der Waals surface area contributed by atoms with Gasteiger partial charge in [-0.3, -0.25) is 9.59 Å². The Morgan fingerprint density at radius 1 is 0.596 bits per heavy atom. The van der Waals surface area contributed by atoms with Crippen LogP contribution in [0.2, 0.25) is 0 Å². The van der Waals surface area contributed by atoms with Crippen LogP contribution in [0.25, 0.3) is 0 Å². The van der Waals surface area contributed by atoms with Crippen LogP contribution < -0.4 is 0 Å². The van der Waals surface area contributed by atoms with E-state index in [0.717, 1.165) is 44.9 Å². The lowest BCUT2D eigenvalue weighted by molar-refractivity contribution is -0.887. The third-order valence-electron chi connectivity index (χ3n) is 9.27. The van der Waals surface area contributed by atoms with Crippen molar-refractivity contribution in [3.05, 3.63) is 36.5 Å². The van der Waals surface area contributed by atoms with Crippen molar-refractivity contribution in [3.8, 4) is 0 Å². The van der Waals surface area contributed by atoms with E-state index in [1.807, 2.05) is 21.1 Å². The van der Waals surface area contributed by atoms with Gasteiger partial charge in [0, 0.05) is 19.3 Å². The Kier molecular flexibility index (Phi) is 33.9. The van der Waals surface area contributed by atoms with Crippen molar-refractivity contribution in [1.82, 2.24) is 0 Å². The van der Waals surface area contributed by atoms with E-state index in [1.165, 1.54) is 89.9 Å². The van der Waals surface area contributed by atoms with Crippen LogP contribution in [0, 0.1) is 0 Å². The summed E-state index contributed by atoms with van der Waals surface area (Å²) in [6, 6.07) is -0.619. The highest BCUT2D eigenvalue weighted by Gasteiger charge is 2.31. The summed E-state index contributed by atoms with van der Waals surface area (Å²) in [5.41, 5.74) is 0. The molecule has 0 amide bonds. The molecule has 52 heavy (non-hydrogen) atoms. The number of carbonyl (C=O) groups excluding carboxylic acids is 2. The van der Waals surface area contributed by atoms with Crippen molar-refractivity contribution < 1.29 is 38.2 Å². The number of nitrogens with zero attached hydrogens (tertiary/aromatic N) is 1. The molecule has 0 aliphatic heterocycles. The molecule has 8 heteroatoms. The van der Waals surface area contributed by atoms with Crippen LogP contribution >= 0.6 is 0 Å². The highest BCUT2D eigenvalue weighted by Crippen LogP contribution is 2.14. The van der Waals surface area contributed by atoms with E-state index in [-0.39, 0.29) is 42.7 Å². The van der Waals surface area contributed by atoms with Crippen molar-refractivity contribution in [1.29, 1.82) is 0 Å². The van der Waals surface area contributed by atoms with Gasteiger partial charge in [-0.05, 0) is 64.2 Å². The molecule has 302 valence electrons. The van der Waals surface area contributed by atoms with Gasteiger partial charge in [0.05, 0.1) is 34.4 Å². The number of allylic oxidation sites excluding steroid dienone is 6. The molecule has 0 aliphatic rings. The Balaban J connectivity index is 4.28. The van der Waals surface area contributed by atoms with Gasteiger partial charge in [0.2, 0.25) is 0 Å². The summed E-state index contributed by atoms with van der Waals surface area (Å²) in [6.45, 7) is 4.56. The minimum absolute atomic E-state index is 0.0472. The molecule has 0 heterocycles. The Labute approximate surface area is 319 Å². The molecule has 0 aromatic heterocycles. The second kappa shape index (κ2) is 35.6. The second-order valence-corrected chi connectivity index (χ2v) is 15.2. The van der Waals surface area contributed by atoms with Crippen LogP contribution in [0.4, 0.5) is 0 Å². The number of quaternary nitrogens is 1. The molecular weight excluding hydrogens is 654 g/mol. The standard InChI is InChI=1S/C44H79NO7/c1-6-8-10-12-14-16-17-18-19-20-21-22-23-24-25-27-28-30-32-34-42(46)51-39-40(38-50-37-36-41(44(48)49)45(3,4)5)52-43(47)35-33-31-29-26-15-13-11-9-7-2/h9,11,15,20-21,26,40-41H,6-8,10,12-14,16-19,22-25,27-39H2,1-5H3/p+1/b11-9+,21-20+,26-15+. The third kappa shape index (κ3) is 33.4. The van der Waals surface area contributed by atoms with Gasteiger partial charge in [-0.25, -0.2) is 4.79 Å². The predicted octanol–water partition coefficient (Wildman–Crippen LogP) is 11.1. The molecule has 0 spiro atoms. The normalized spacial score (nSPS) is 13.3. The van der Waals surface area contributed by atoms with Crippen molar-refractivity contribution in [2.24, 2.45) is 0 Å². The van der Waals surface area contributed by atoms with E-state index < -0.39 is 18.1 Å². The maximum atomic E-state index is 12.6. The maximum Gasteiger partial charge on any atom is 0.362 e. The number of rotatable bonds is 37. The van der Waals surface area contributed by atoms with E-state index in [2.05, 4.69) is 50.3 Å². The lowest BCUT2D eigenvalue weighted by atomic mass is 10.1. The number of carboxylic acids is 1. The minimum atomic E-state index is -0.882. The van der Waals surface area contributed by atoms with Crippen molar-refractivity contribution in [2.45, 2.75) is 187 Å². The van der Waals surface area contributed by atoms with Gasteiger partial charge >= 0.3 is 17.9 Å². The molecule has 2 atom stereocenters. The molecule has 0 aromatic rings. The average Bonchev–Trinajstić information content (AvgIpc) is 3.09. The molecule has 0 bridgehead atoms. The van der Waals surface area contributed by atoms with E-state index >= 15 is 0 Å². The zero-order chi connectivity index (χ0) is 38.5. The number of ether oxygens (including phenoxy) is 3. The zero-order valence-corrected chi connectivity index (χ0v) is 34.3. The molecule has 0 aliphatic carbocycles. The molecule has 0 saturated carbocycles. The number of aliphatic carboxylic acids is 1. The summed E-state index contributed by atoms with van der Waals surface area (Å²) in [7, 11) is 5.50. The van der Waals surface area contributed by atoms with Crippen molar-refractivity contribution in [3.63, 3.8) is 0 Å². The van der Waals surface area contributed by atoms with Gasteiger partial charge in [-0.2, -0.15) is 0 Å². The molecule has 8 nitrogen and oxygen atoms in total. The Morgan fingerprint density at radius 2 is 1.08 bits per heavy atom. The zero-order valence-electron chi connectivity index (χ0n) is 34.3. The van der Waals surface area contributed by atoms with Crippen LogP contribution in [0.5, 0.6) is 0 Å². The van der Waals surface area contributed by atoms with Crippen LogP contribution in [-0.4, -0.2) is 80.6 Å². The first-order valence-electron chi connectivity index (χ1n) is 21.0. The van der Waals surface area contributed by atoms with E-state index in [0.29, 0.717) is 19.3 Å². The number of carboxylic acid groups (broad SMARTS) is 1. The van der Waals surface area contributed by atoms with E-state index in [4.69, 9.17) is 14.2 Å². The number of likely N-dealkylation sites (N-methyl/N-ethyl adjacent to an activating group) is 1. The Hall–Kier alpha value is -2.45. The van der Waals surface area contributed by atoms with Crippen LogP contribution in [0.1, 0.15) is 174 Å². The first-order chi connectivity index (χ1) is 25.1. The molecule has 0 aromatic carbocycles. The first-order valence-corrected chi connectivity index (χ1v) is 21.0. The quantitative estimate of drug-likeness (QED) is 0.0293. The Bertz CT molecular complexity index is 953. The lowest BCUT2D eigenvalue weighted by Crippen LogP contribution is -2.50. The van der Waals surface area contributed by atoms with Gasteiger partial charge in [0.15, 0.2) is 12.1 Å². The minimum Gasteiger partial charge on any atom is -0.477 e. The summed E-state index contributed by atoms with van der Waals surface area (Å²) in [4.78, 5) is 36.8. The monoisotopic (exact) mass is 735 g/mol. The highest BCUT2D eigenvalue weighted by atomic mass is 16.6. The van der Waals surface area contributed by atoms with Crippen LogP contribution in [-0.2, 0) is 28.6 Å². The van der Waals surface area contributed by atoms with E-state index in [9.17, 15) is 19.5 Å². The predicted molar refractivity (Wildman–Crippen MR) is 215 cm³/mol. The van der Waals surface area contributed by atoms with Crippen molar-refractivity contribution >= 4 is 17.9 Å². The van der Waals surface area contributed by atoms with Crippen LogP contribution in [0.3, 0.4) is 0 Å². The Morgan fingerprint density at radius 3 is 1.63 bits per heavy atom. The lowest BCUT2D eigenvalue weighted by Gasteiger charge is -2.31. The summed E-state index contributed by atoms with van der Waals surface area (Å²) >= 11 is 0. The molecule has 1 N–H and O–H groups in total. The molecule has 0 saturated heterocycles. The summed E-state index contributed by atoms with van der Waals surface area (Å²) < 4.78 is 17.2. The fourth-order valence-corrected chi connectivity index (χ4v) is 6.01. The second-order valence-electron chi connectivity index (χ2n) is 15.2. The number of hydrogen-bond acceptors (Lipinski definition) is 6. The van der Waals surface area contributed by atoms with Crippen LogP contribution in [0.15, 0.2) is 36.5 Å². The highest BCUT2D eigenvalue weighted by molar-refractivity contribution is 5.72. The van der Waals surface area contributed by atoms with E-state index in [1.54, 1.807) is 0 Å². The largest absolute Gasteiger partial charge is 0.477 e. The summed E-state index contributed by atoms with van der Waals surface area (Å²) in [5.74, 6) is -1.52. The molecule has 0 fully saturated rings. The SMILES string of the molecule is CC/C=C/C/C=C/CCCCC(=O)OC(COCCC(C(=O)O)[N+](C)(C)C)COC(=O)CCCCCCCCC/C=C/CCCCCCCCCC. The fraction of sp³-hybridized carbons (Fsp3) is 0.795. The molecule has 0 rings (SSSR count). The number of carbonyl (C=O) groups is 3. The molecular formula is C44H80NO7+. The van der Waals surface area contributed by atoms with Gasteiger partial charge < -0.3 is 23.8 Å². The first kappa shape index (κ1) is 49.6. The molecule has 2 unspecified atom stereocenters. The average molecular weight is 735 g/mol. The number of hydrogen-bond donors (Lipinski definition) is 1. The smallest absolute Gasteiger partial charge is 0.362 e. The van der Waals surface area contributed by atoms with Crippen molar-refractivity contribution in [2.75, 3.05) is 41.0 Å². The molecule has 0 radical (unpaired) electrons. The summed E-state index contributed by atoms with van der Waals surface area (Å²) in [6.07, 6.45) is 39.2. The van der Waals surface area contributed by atoms with Gasteiger partial charge in [0.1, 0.15) is 6.61 Å². The van der Waals surface area contributed by atoms with Gasteiger partial charge in [0.25, 0.3) is 0 Å². The number of esters is 2. The fourth-order valence-electron chi connectivity index (χ4n) is 6.01. The van der Waals surface area contributed by atoms with Gasteiger partial charge in [-0.1, -0.05) is 127 Å². The third-order valence-corrected chi connectivity index (χ3v) is 9.27. The number of unbranched alkanes of at least 4 members (excludes halogenated alkanes) is 17.